The van der Waals surface area contributed by atoms with Crippen molar-refractivity contribution in [2.24, 2.45) is 5.92 Å². The summed E-state index contributed by atoms with van der Waals surface area (Å²) in [7, 11) is 4.47. The number of carbonyl (C=O) groups excluding carboxylic acids is 3. The second-order valence-corrected chi connectivity index (χ2v) is 10.7. The van der Waals surface area contributed by atoms with Gasteiger partial charge in [0.15, 0.2) is 17.3 Å². The largest absolute Gasteiger partial charge is 0.493 e. The number of Topliss-reactive ketones (excluding diaryl/α,β-unsaturated/α-hetero) is 1. The molecule has 1 amide bonds. The van der Waals surface area contributed by atoms with E-state index in [0.717, 1.165) is 4.88 Å². The minimum Gasteiger partial charge on any atom is -0.493 e. The van der Waals surface area contributed by atoms with Crippen molar-refractivity contribution in [2.45, 2.75) is 31.6 Å². The van der Waals surface area contributed by atoms with Crippen molar-refractivity contribution < 1.29 is 37.7 Å². The van der Waals surface area contributed by atoms with Crippen LogP contribution in [0.5, 0.6) is 17.2 Å². The van der Waals surface area contributed by atoms with Gasteiger partial charge < -0.3 is 18.9 Å². The SMILES string of the molecule is CCOC(=O)[C@H]1C(=O)C2=C(C[C@H]1c1cccs1)N(c1ccc(F)cc1)C(=O)C[C@H]2c1cc(OC)c(OC)c(OC)c1. The van der Waals surface area contributed by atoms with E-state index in [1.54, 1.807) is 19.1 Å². The Morgan fingerprint density at radius 1 is 1.00 bits per heavy atom. The van der Waals surface area contributed by atoms with Gasteiger partial charge in [-0.1, -0.05) is 6.07 Å². The molecule has 1 aliphatic heterocycles. The van der Waals surface area contributed by atoms with Crippen molar-refractivity contribution in [2.75, 3.05) is 32.8 Å². The number of hydrogen-bond acceptors (Lipinski definition) is 8. The number of ketones is 1. The number of thiophene rings is 1. The number of carbonyl (C=O) groups is 3. The highest BCUT2D eigenvalue weighted by atomic mass is 32.1. The van der Waals surface area contributed by atoms with Gasteiger partial charge in [0.25, 0.3) is 0 Å². The van der Waals surface area contributed by atoms with Crippen LogP contribution in [0.2, 0.25) is 0 Å². The van der Waals surface area contributed by atoms with Crippen molar-refractivity contribution >= 4 is 34.7 Å². The summed E-state index contributed by atoms with van der Waals surface area (Å²) in [6, 6.07) is 12.8. The molecule has 0 bridgehead atoms. The molecule has 0 N–H and O–H groups in total. The smallest absolute Gasteiger partial charge is 0.317 e. The van der Waals surface area contributed by atoms with Gasteiger partial charge >= 0.3 is 5.97 Å². The van der Waals surface area contributed by atoms with Crippen LogP contribution in [0.15, 0.2) is 65.2 Å². The molecule has 0 saturated carbocycles. The Bertz CT molecular complexity index is 1470. The van der Waals surface area contributed by atoms with Gasteiger partial charge in [0.05, 0.1) is 27.9 Å². The van der Waals surface area contributed by atoms with Gasteiger partial charge in [-0.25, -0.2) is 4.39 Å². The van der Waals surface area contributed by atoms with Crippen LogP contribution in [-0.2, 0) is 19.1 Å². The number of methoxy groups -OCH3 is 3. The molecule has 1 aliphatic carbocycles. The normalized spacial score (nSPS) is 20.5. The van der Waals surface area contributed by atoms with Crippen LogP contribution < -0.4 is 19.1 Å². The molecule has 0 unspecified atom stereocenters. The number of halogens is 1. The molecular formula is C31H30FNO7S. The van der Waals surface area contributed by atoms with Crippen LogP contribution in [0, 0.1) is 11.7 Å². The molecule has 8 nitrogen and oxygen atoms in total. The highest BCUT2D eigenvalue weighted by Crippen LogP contribution is 2.51. The Kier molecular flexibility index (Phi) is 8.12. The molecule has 214 valence electrons. The summed E-state index contributed by atoms with van der Waals surface area (Å²) in [4.78, 5) is 44.0. The molecule has 3 aromatic rings. The first-order valence-corrected chi connectivity index (χ1v) is 14.1. The summed E-state index contributed by atoms with van der Waals surface area (Å²) in [5, 5.41) is 1.88. The van der Waals surface area contributed by atoms with Crippen molar-refractivity contribution in [1.29, 1.82) is 0 Å². The third-order valence-electron chi connectivity index (χ3n) is 7.54. The quantitative estimate of drug-likeness (QED) is 0.253. The molecule has 3 atom stereocenters. The number of anilines is 1. The minimum absolute atomic E-state index is 0.0696. The summed E-state index contributed by atoms with van der Waals surface area (Å²) in [6.07, 6.45) is 0.162. The molecule has 5 rings (SSSR count). The van der Waals surface area contributed by atoms with Gasteiger partial charge in [0, 0.05) is 40.1 Å². The number of allylic oxidation sites excluding steroid dienone is 2. The van der Waals surface area contributed by atoms with Crippen LogP contribution in [0.3, 0.4) is 0 Å². The summed E-state index contributed by atoms with van der Waals surface area (Å²) in [5.74, 6) is -2.90. The zero-order valence-electron chi connectivity index (χ0n) is 23.1. The van der Waals surface area contributed by atoms with Gasteiger partial charge in [-0.15, -0.1) is 11.3 Å². The van der Waals surface area contributed by atoms with Gasteiger partial charge in [-0.2, -0.15) is 0 Å². The van der Waals surface area contributed by atoms with E-state index in [0.29, 0.717) is 39.8 Å². The number of hydrogen-bond donors (Lipinski definition) is 0. The predicted octanol–water partition coefficient (Wildman–Crippen LogP) is 5.62. The molecule has 0 spiro atoms. The average Bonchev–Trinajstić information content (AvgIpc) is 3.51. The number of ether oxygens (including phenoxy) is 4. The lowest BCUT2D eigenvalue weighted by atomic mass is 9.69. The van der Waals surface area contributed by atoms with E-state index in [2.05, 4.69) is 0 Å². The number of nitrogens with zero attached hydrogens (tertiary/aromatic N) is 1. The molecule has 2 aromatic carbocycles. The van der Waals surface area contributed by atoms with Crippen molar-refractivity contribution in [3.05, 3.63) is 81.4 Å². The fourth-order valence-electron chi connectivity index (χ4n) is 5.78. The van der Waals surface area contributed by atoms with E-state index in [9.17, 15) is 18.8 Å². The van der Waals surface area contributed by atoms with Crippen LogP contribution in [0.25, 0.3) is 0 Å². The number of rotatable bonds is 8. The average molecular weight is 580 g/mol. The second kappa shape index (κ2) is 11.7. The maximum Gasteiger partial charge on any atom is 0.317 e. The zero-order chi connectivity index (χ0) is 29.3. The van der Waals surface area contributed by atoms with E-state index in [1.165, 1.54) is 61.8 Å². The molecule has 2 aliphatic rings. The highest BCUT2D eigenvalue weighted by Gasteiger charge is 2.50. The number of amides is 1. The lowest BCUT2D eigenvalue weighted by Gasteiger charge is -2.42. The van der Waals surface area contributed by atoms with Gasteiger partial charge in [0.2, 0.25) is 11.7 Å². The Morgan fingerprint density at radius 2 is 1.68 bits per heavy atom. The third kappa shape index (κ3) is 5.08. The summed E-state index contributed by atoms with van der Waals surface area (Å²) in [5.41, 5.74) is 1.87. The molecule has 41 heavy (non-hydrogen) atoms. The first kappa shape index (κ1) is 28.4. The summed E-state index contributed by atoms with van der Waals surface area (Å²) >= 11 is 1.44. The maximum absolute atomic E-state index is 14.5. The molecule has 0 saturated heterocycles. The van der Waals surface area contributed by atoms with E-state index >= 15 is 0 Å². The van der Waals surface area contributed by atoms with Crippen LogP contribution in [0.1, 0.15) is 42.0 Å². The Hall–Kier alpha value is -4.18. The molecule has 1 aromatic heterocycles. The number of esters is 1. The Morgan fingerprint density at radius 3 is 2.24 bits per heavy atom. The Labute approximate surface area is 241 Å². The van der Waals surface area contributed by atoms with Crippen LogP contribution in [0.4, 0.5) is 10.1 Å². The maximum atomic E-state index is 14.5. The van der Waals surface area contributed by atoms with E-state index in [1.807, 2.05) is 17.5 Å². The Balaban J connectivity index is 1.75. The molecular weight excluding hydrogens is 549 g/mol. The third-order valence-corrected chi connectivity index (χ3v) is 8.55. The molecule has 2 heterocycles. The predicted molar refractivity (Wildman–Crippen MR) is 151 cm³/mol. The first-order chi connectivity index (χ1) is 19.8. The van der Waals surface area contributed by atoms with Crippen LogP contribution >= 0.6 is 11.3 Å². The van der Waals surface area contributed by atoms with E-state index in [4.69, 9.17) is 18.9 Å². The summed E-state index contributed by atoms with van der Waals surface area (Å²) < 4.78 is 35.8. The lowest BCUT2D eigenvalue weighted by molar-refractivity contribution is -0.152. The van der Waals surface area contributed by atoms with E-state index in [-0.39, 0.29) is 25.4 Å². The second-order valence-electron chi connectivity index (χ2n) is 9.70. The molecule has 0 radical (unpaired) electrons. The number of benzene rings is 2. The van der Waals surface area contributed by atoms with E-state index < -0.39 is 35.3 Å². The fourth-order valence-corrected chi connectivity index (χ4v) is 6.64. The highest BCUT2D eigenvalue weighted by molar-refractivity contribution is 7.10. The fraction of sp³-hybridized carbons (Fsp3) is 0.323. The van der Waals surface area contributed by atoms with Crippen molar-refractivity contribution in [1.82, 2.24) is 0 Å². The first-order valence-electron chi connectivity index (χ1n) is 13.2. The van der Waals surface area contributed by atoms with Gasteiger partial charge in [0.1, 0.15) is 11.7 Å². The van der Waals surface area contributed by atoms with Crippen molar-refractivity contribution in [3.63, 3.8) is 0 Å². The van der Waals surface area contributed by atoms with Gasteiger partial charge in [-0.3, -0.25) is 19.3 Å². The molecule has 0 fully saturated rings. The summed E-state index contributed by atoms with van der Waals surface area (Å²) in [6.45, 7) is 1.83. The standard InChI is InChI=1S/C31H30FNO7S/c1-5-40-31(36)28-21(25-7-6-12-41-25)15-22-27(29(28)35)20(16-26(34)33(22)19-10-8-18(32)9-11-19)17-13-23(37-2)30(39-4)24(14-17)38-3/h6-14,20-21,28H,5,15-16H2,1-4H3/t20-,21-,28+/m0/s1. The zero-order valence-corrected chi connectivity index (χ0v) is 24.0. The van der Waals surface area contributed by atoms with Crippen molar-refractivity contribution in [3.8, 4) is 17.2 Å². The van der Waals surface area contributed by atoms with Gasteiger partial charge in [-0.05, 0) is 66.8 Å². The lowest BCUT2D eigenvalue weighted by Crippen LogP contribution is -2.46. The molecule has 10 heteroatoms. The topological polar surface area (TPSA) is 91.4 Å². The monoisotopic (exact) mass is 579 g/mol. The minimum atomic E-state index is -1.08. The van der Waals surface area contributed by atoms with Crippen LogP contribution in [-0.4, -0.2) is 45.6 Å².